The van der Waals surface area contributed by atoms with Crippen LogP contribution in [0, 0.1) is 0 Å². The first-order valence-electron chi connectivity index (χ1n) is 7.45. The summed E-state index contributed by atoms with van der Waals surface area (Å²) in [5.74, 6) is -0.292. The van der Waals surface area contributed by atoms with E-state index in [-0.39, 0.29) is 11.7 Å². The maximum absolute atomic E-state index is 12.7. The van der Waals surface area contributed by atoms with Crippen molar-refractivity contribution in [2.24, 2.45) is 0 Å². The summed E-state index contributed by atoms with van der Waals surface area (Å²) in [5.41, 5.74) is 0.704. The van der Waals surface area contributed by atoms with Crippen LogP contribution in [0.2, 0.25) is 5.02 Å². The highest BCUT2D eigenvalue weighted by Gasteiger charge is 2.33. The minimum Gasteiger partial charge on any atom is -0.477 e. The third kappa shape index (κ3) is 2.78. The number of amides is 2. The molecule has 124 valence electrons. The fraction of sp³-hybridized carbons (Fsp3) is 0.250. The fourth-order valence-corrected chi connectivity index (χ4v) is 2.93. The molecule has 0 bridgehead atoms. The molecule has 3 heterocycles. The van der Waals surface area contributed by atoms with E-state index in [0.717, 1.165) is 5.56 Å². The van der Waals surface area contributed by atoms with E-state index in [9.17, 15) is 9.59 Å². The van der Waals surface area contributed by atoms with E-state index in [1.165, 1.54) is 11.0 Å². The lowest BCUT2D eigenvalue weighted by Crippen LogP contribution is -2.33. The predicted molar refractivity (Wildman–Crippen MR) is 89.9 cm³/mol. The monoisotopic (exact) mass is 346 g/mol. The number of hydrogen-bond acceptors (Lipinski definition) is 4. The van der Waals surface area contributed by atoms with Crippen LogP contribution < -0.4 is 9.80 Å². The minimum absolute atomic E-state index is 0.103. The predicted octanol–water partition coefficient (Wildman–Crippen LogP) is 2.84. The smallest absolute Gasteiger partial charge is 0.354 e. The minimum atomic E-state index is -1.13. The summed E-state index contributed by atoms with van der Waals surface area (Å²) in [5, 5.41) is 9.61. The number of pyridine rings is 2. The number of nitrogens with zero attached hydrogens (tertiary/aromatic N) is 4. The van der Waals surface area contributed by atoms with Crippen LogP contribution in [0.1, 0.15) is 23.0 Å². The Labute approximate surface area is 143 Å². The maximum atomic E-state index is 12.7. The van der Waals surface area contributed by atoms with Crippen LogP contribution in [-0.4, -0.2) is 40.2 Å². The molecule has 1 aliphatic rings. The molecule has 0 spiro atoms. The first-order valence-corrected chi connectivity index (χ1v) is 7.83. The second kappa shape index (κ2) is 6.45. The molecule has 0 radical (unpaired) electrons. The molecule has 2 amide bonds. The highest BCUT2D eigenvalue weighted by atomic mass is 35.5. The molecule has 3 rings (SSSR count). The van der Waals surface area contributed by atoms with Crippen LogP contribution >= 0.6 is 11.6 Å². The highest BCUT2D eigenvalue weighted by Crippen LogP contribution is 2.29. The molecule has 0 aliphatic carbocycles. The van der Waals surface area contributed by atoms with Crippen molar-refractivity contribution in [2.75, 3.05) is 22.9 Å². The van der Waals surface area contributed by atoms with Gasteiger partial charge in [-0.25, -0.2) is 19.6 Å². The van der Waals surface area contributed by atoms with Gasteiger partial charge in [0.25, 0.3) is 0 Å². The number of rotatable bonds is 4. The zero-order chi connectivity index (χ0) is 17.3. The Bertz CT molecular complexity index is 812. The number of halogens is 1. The van der Waals surface area contributed by atoms with E-state index < -0.39 is 5.97 Å². The van der Waals surface area contributed by atoms with Gasteiger partial charge in [-0.15, -0.1) is 0 Å². The van der Waals surface area contributed by atoms with Gasteiger partial charge in [0.05, 0.1) is 0 Å². The van der Waals surface area contributed by atoms with Gasteiger partial charge in [0, 0.05) is 29.9 Å². The third-order valence-corrected chi connectivity index (χ3v) is 4.18. The van der Waals surface area contributed by atoms with Crippen molar-refractivity contribution >= 4 is 35.2 Å². The van der Waals surface area contributed by atoms with Gasteiger partial charge in [0.2, 0.25) is 0 Å². The topological polar surface area (TPSA) is 86.6 Å². The molecule has 1 N–H and O–H groups in total. The lowest BCUT2D eigenvalue weighted by Gasteiger charge is -2.20. The molecule has 0 atom stereocenters. The Balaban J connectivity index is 1.92. The fourth-order valence-electron chi connectivity index (χ4n) is 2.66. The van der Waals surface area contributed by atoms with E-state index in [0.29, 0.717) is 36.2 Å². The largest absolute Gasteiger partial charge is 0.477 e. The number of carbonyl (C=O) groups excluding carboxylic acids is 1. The number of anilines is 2. The van der Waals surface area contributed by atoms with Crippen LogP contribution in [0.5, 0.6) is 0 Å². The van der Waals surface area contributed by atoms with E-state index in [2.05, 4.69) is 9.97 Å². The number of carbonyl (C=O) groups is 2. The van der Waals surface area contributed by atoms with Crippen molar-refractivity contribution in [1.29, 1.82) is 0 Å². The van der Waals surface area contributed by atoms with Gasteiger partial charge in [-0.1, -0.05) is 24.6 Å². The van der Waals surface area contributed by atoms with E-state index >= 15 is 0 Å². The van der Waals surface area contributed by atoms with Crippen molar-refractivity contribution < 1.29 is 14.7 Å². The SMILES string of the molecule is CCc1c(Cl)ccnc1N1CCN(c2cccc(C(=O)O)n2)C1=O. The Hall–Kier alpha value is -2.67. The van der Waals surface area contributed by atoms with Gasteiger partial charge < -0.3 is 5.11 Å². The van der Waals surface area contributed by atoms with Crippen LogP contribution in [-0.2, 0) is 6.42 Å². The summed E-state index contributed by atoms with van der Waals surface area (Å²) in [7, 11) is 0. The molecule has 2 aromatic heterocycles. The van der Waals surface area contributed by atoms with Crippen molar-refractivity contribution in [3.63, 3.8) is 0 Å². The van der Waals surface area contributed by atoms with Crippen molar-refractivity contribution in [2.45, 2.75) is 13.3 Å². The van der Waals surface area contributed by atoms with Gasteiger partial charge in [-0.2, -0.15) is 0 Å². The summed E-state index contributed by atoms with van der Waals surface area (Å²) in [6.07, 6.45) is 2.22. The first kappa shape index (κ1) is 16.2. The number of aromatic nitrogens is 2. The lowest BCUT2D eigenvalue weighted by molar-refractivity contribution is 0.0690. The summed E-state index contributed by atoms with van der Waals surface area (Å²) >= 11 is 6.20. The second-order valence-electron chi connectivity index (χ2n) is 5.22. The maximum Gasteiger partial charge on any atom is 0.354 e. The summed E-state index contributed by atoms with van der Waals surface area (Å²) in [4.78, 5) is 35.1. The number of carboxylic acid groups (broad SMARTS) is 1. The standard InChI is InChI=1S/C16H15ClN4O3/c1-2-10-11(17)6-7-18-14(10)21-9-8-20(16(21)24)13-5-3-4-12(19-13)15(22)23/h3-7H,2,8-9H2,1H3,(H,22,23). The molecule has 1 fully saturated rings. The zero-order valence-electron chi connectivity index (χ0n) is 12.9. The Morgan fingerprint density at radius 1 is 1.29 bits per heavy atom. The molecule has 7 nitrogen and oxygen atoms in total. The quantitative estimate of drug-likeness (QED) is 0.919. The number of carboxylic acids is 1. The second-order valence-corrected chi connectivity index (χ2v) is 5.63. The van der Waals surface area contributed by atoms with Crippen LogP contribution in [0.4, 0.5) is 16.4 Å². The molecule has 1 saturated heterocycles. The molecule has 1 aliphatic heterocycles. The van der Waals surface area contributed by atoms with Crippen LogP contribution in [0.25, 0.3) is 0 Å². The first-order chi connectivity index (χ1) is 11.5. The molecular formula is C16H15ClN4O3. The van der Waals surface area contributed by atoms with Gasteiger partial charge in [-0.05, 0) is 24.6 Å². The number of hydrogen-bond donors (Lipinski definition) is 1. The lowest BCUT2D eigenvalue weighted by atomic mass is 10.2. The van der Waals surface area contributed by atoms with Crippen molar-refractivity contribution in [3.05, 3.63) is 46.7 Å². The highest BCUT2D eigenvalue weighted by molar-refractivity contribution is 6.31. The third-order valence-electron chi connectivity index (χ3n) is 3.82. The Kier molecular flexibility index (Phi) is 4.35. The number of urea groups is 1. The van der Waals surface area contributed by atoms with Gasteiger partial charge >= 0.3 is 12.0 Å². The molecule has 0 saturated carbocycles. The van der Waals surface area contributed by atoms with E-state index in [4.69, 9.17) is 16.7 Å². The van der Waals surface area contributed by atoms with Crippen molar-refractivity contribution in [3.8, 4) is 0 Å². The average molecular weight is 347 g/mol. The summed E-state index contributed by atoms with van der Waals surface area (Å²) in [6.45, 7) is 2.77. The molecule has 0 aromatic carbocycles. The normalized spacial score (nSPS) is 14.3. The van der Waals surface area contributed by atoms with E-state index in [1.807, 2.05) is 6.92 Å². The van der Waals surface area contributed by atoms with Gasteiger partial charge in [-0.3, -0.25) is 9.80 Å². The molecule has 8 heteroatoms. The molecule has 0 unspecified atom stereocenters. The molecule has 24 heavy (non-hydrogen) atoms. The average Bonchev–Trinajstić information content (AvgIpc) is 2.96. The van der Waals surface area contributed by atoms with Gasteiger partial charge in [0.15, 0.2) is 5.69 Å². The Morgan fingerprint density at radius 3 is 2.75 bits per heavy atom. The Morgan fingerprint density at radius 2 is 2.04 bits per heavy atom. The molecular weight excluding hydrogens is 332 g/mol. The van der Waals surface area contributed by atoms with Crippen LogP contribution in [0.15, 0.2) is 30.5 Å². The number of aromatic carboxylic acids is 1. The summed E-state index contributed by atoms with van der Waals surface area (Å²) < 4.78 is 0. The molecule has 2 aromatic rings. The summed E-state index contributed by atoms with van der Waals surface area (Å²) in [6, 6.07) is 5.96. The van der Waals surface area contributed by atoms with Crippen LogP contribution in [0.3, 0.4) is 0 Å². The van der Waals surface area contributed by atoms with Crippen molar-refractivity contribution in [1.82, 2.24) is 9.97 Å². The zero-order valence-corrected chi connectivity index (χ0v) is 13.7. The van der Waals surface area contributed by atoms with Gasteiger partial charge in [0.1, 0.15) is 11.6 Å². The van der Waals surface area contributed by atoms with E-state index in [1.54, 1.807) is 29.3 Å².